The summed E-state index contributed by atoms with van der Waals surface area (Å²) in [5, 5.41) is 9.32. The SMILES string of the molecule is N#CC[C@@H](N)c1cc(Cl)cc(Cl)c1N. The molecule has 1 aromatic carbocycles. The van der Waals surface area contributed by atoms with Crippen LogP contribution in [-0.2, 0) is 0 Å². The lowest BCUT2D eigenvalue weighted by molar-refractivity contribution is 0.751. The number of benzene rings is 1. The van der Waals surface area contributed by atoms with Gasteiger partial charge in [0.1, 0.15) is 0 Å². The summed E-state index contributed by atoms with van der Waals surface area (Å²) >= 11 is 11.6. The van der Waals surface area contributed by atoms with Crippen molar-refractivity contribution >= 4 is 28.9 Å². The highest BCUT2D eigenvalue weighted by atomic mass is 35.5. The van der Waals surface area contributed by atoms with E-state index < -0.39 is 6.04 Å². The predicted octanol–water partition coefficient (Wildman–Crippen LogP) is 2.49. The smallest absolute Gasteiger partial charge is 0.0653 e. The van der Waals surface area contributed by atoms with E-state index in [0.717, 1.165) is 0 Å². The number of hydrogen-bond donors (Lipinski definition) is 2. The van der Waals surface area contributed by atoms with Gasteiger partial charge in [-0.15, -0.1) is 0 Å². The van der Waals surface area contributed by atoms with Crippen LogP contribution in [0.3, 0.4) is 0 Å². The largest absolute Gasteiger partial charge is 0.397 e. The van der Waals surface area contributed by atoms with E-state index in [0.29, 0.717) is 21.3 Å². The fourth-order valence-corrected chi connectivity index (χ4v) is 1.63. The molecule has 0 aliphatic carbocycles. The summed E-state index contributed by atoms with van der Waals surface area (Å²) in [6.45, 7) is 0. The number of halogens is 2. The first-order valence-electron chi connectivity index (χ1n) is 3.93. The van der Waals surface area contributed by atoms with Crippen LogP contribution in [0.5, 0.6) is 0 Å². The van der Waals surface area contributed by atoms with Crippen LogP contribution in [0, 0.1) is 11.3 Å². The van der Waals surface area contributed by atoms with E-state index in [9.17, 15) is 0 Å². The number of hydrogen-bond acceptors (Lipinski definition) is 3. The van der Waals surface area contributed by atoms with Gasteiger partial charge in [-0.05, 0) is 17.7 Å². The third-order valence-corrected chi connectivity index (χ3v) is 2.37. The van der Waals surface area contributed by atoms with Crippen molar-refractivity contribution in [2.75, 3.05) is 5.73 Å². The number of anilines is 1. The van der Waals surface area contributed by atoms with Gasteiger partial charge in [0, 0.05) is 11.1 Å². The Hall–Kier alpha value is -0.950. The first kappa shape index (κ1) is 11.1. The standard InChI is InChI=1S/C9H9Cl2N3/c10-5-3-6(8(13)1-2-12)9(14)7(11)4-5/h3-4,8H,1,13-14H2/t8-/m1/s1. The van der Waals surface area contributed by atoms with E-state index in [1.807, 2.05) is 6.07 Å². The molecular weight excluding hydrogens is 221 g/mol. The lowest BCUT2D eigenvalue weighted by Crippen LogP contribution is -2.12. The Labute approximate surface area is 92.2 Å². The van der Waals surface area contributed by atoms with Gasteiger partial charge in [-0.2, -0.15) is 5.26 Å². The van der Waals surface area contributed by atoms with Crippen molar-refractivity contribution in [3.05, 3.63) is 27.7 Å². The fraction of sp³-hybridized carbons (Fsp3) is 0.222. The zero-order valence-electron chi connectivity index (χ0n) is 7.30. The molecule has 0 aromatic heterocycles. The monoisotopic (exact) mass is 229 g/mol. The van der Waals surface area contributed by atoms with Crippen LogP contribution < -0.4 is 11.5 Å². The quantitative estimate of drug-likeness (QED) is 0.766. The van der Waals surface area contributed by atoms with Crippen molar-refractivity contribution in [2.45, 2.75) is 12.5 Å². The molecule has 1 rings (SSSR count). The average molecular weight is 230 g/mol. The van der Waals surface area contributed by atoms with Crippen LogP contribution in [0.1, 0.15) is 18.0 Å². The van der Waals surface area contributed by atoms with E-state index in [1.54, 1.807) is 12.1 Å². The minimum Gasteiger partial charge on any atom is -0.397 e. The molecule has 0 heterocycles. The molecule has 0 spiro atoms. The Morgan fingerprint density at radius 1 is 1.43 bits per heavy atom. The molecule has 0 saturated heterocycles. The van der Waals surface area contributed by atoms with E-state index in [1.165, 1.54) is 0 Å². The Balaban J connectivity index is 3.14. The molecule has 0 radical (unpaired) electrons. The molecule has 1 aromatic rings. The molecule has 0 saturated carbocycles. The lowest BCUT2D eigenvalue weighted by Gasteiger charge is -2.12. The van der Waals surface area contributed by atoms with Crippen LogP contribution >= 0.6 is 23.2 Å². The van der Waals surface area contributed by atoms with E-state index in [2.05, 4.69) is 0 Å². The second kappa shape index (κ2) is 4.52. The average Bonchev–Trinajstić information content (AvgIpc) is 2.11. The maximum absolute atomic E-state index is 8.49. The van der Waals surface area contributed by atoms with Gasteiger partial charge in [0.15, 0.2) is 0 Å². The topological polar surface area (TPSA) is 75.8 Å². The molecule has 0 aliphatic rings. The number of nitriles is 1. The molecule has 0 fully saturated rings. The van der Waals surface area contributed by atoms with Crippen molar-refractivity contribution in [2.24, 2.45) is 5.73 Å². The van der Waals surface area contributed by atoms with Gasteiger partial charge in [-0.1, -0.05) is 23.2 Å². The maximum atomic E-state index is 8.49. The van der Waals surface area contributed by atoms with E-state index >= 15 is 0 Å². The summed E-state index contributed by atoms with van der Waals surface area (Å²) in [7, 11) is 0. The molecule has 14 heavy (non-hydrogen) atoms. The van der Waals surface area contributed by atoms with Crippen molar-refractivity contribution in [3.63, 3.8) is 0 Å². The second-order valence-corrected chi connectivity index (χ2v) is 3.70. The minimum atomic E-state index is -0.448. The summed E-state index contributed by atoms with van der Waals surface area (Å²) in [4.78, 5) is 0. The molecule has 0 bridgehead atoms. The van der Waals surface area contributed by atoms with Crippen molar-refractivity contribution < 1.29 is 0 Å². The number of nitrogens with two attached hydrogens (primary N) is 2. The minimum absolute atomic E-state index is 0.181. The molecule has 3 nitrogen and oxygen atoms in total. The normalized spacial score (nSPS) is 12.1. The second-order valence-electron chi connectivity index (χ2n) is 2.86. The molecule has 1 atom stereocenters. The molecule has 74 valence electrons. The molecule has 0 amide bonds. The zero-order valence-corrected chi connectivity index (χ0v) is 8.81. The van der Waals surface area contributed by atoms with Crippen LogP contribution in [0.15, 0.2) is 12.1 Å². The summed E-state index contributed by atoms with van der Waals surface area (Å²) in [6.07, 6.45) is 0.181. The van der Waals surface area contributed by atoms with Gasteiger partial charge >= 0.3 is 0 Å². The van der Waals surface area contributed by atoms with E-state index in [-0.39, 0.29) is 6.42 Å². The first-order chi connectivity index (χ1) is 6.56. The Morgan fingerprint density at radius 2 is 2.07 bits per heavy atom. The van der Waals surface area contributed by atoms with Gasteiger partial charge in [0.25, 0.3) is 0 Å². The molecule has 4 N–H and O–H groups in total. The lowest BCUT2D eigenvalue weighted by atomic mass is 10.0. The number of nitrogen functional groups attached to an aromatic ring is 1. The van der Waals surface area contributed by atoms with Crippen molar-refractivity contribution in [1.29, 1.82) is 5.26 Å². The molecular formula is C9H9Cl2N3. The van der Waals surface area contributed by atoms with Gasteiger partial charge < -0.3 is 11.5 Å². The third kappa shape index (κ3) is 2.30. The Kier molecular flexibility index (Phi) is 3.59. The maximum Gasteiger partial charge on any atom is 0.0653 e. The van der Waals surface area contributed by atoms with Crippen molar-refractivity contribution in [3.8, 4) is 6.07 Å². The van der Waals surface area contributed by atoms with Crippen LogP contribution in [0.2, 0.25) is 10.0 Å². The van der Waals surface area contributed by atoms with Gasteiger partial charge in [0.05, 0.1) is 23.2 Å². The van der Waals surface area contributed by atoms with Crippen LogP contribution in [-0.4, -0.2) is 0 Å². The summed E-state index contributed by atoms with van der Waals surface area (Å²) < 4.78 is 0. The first-order valence-corrected chi connectivity index (χ1v) is 4.68. The van der Waals surface area contributed by atoms with Crippen molar-refractivity contribution in [1.82, 2.24) is 0 Å². The number of rotatable bonds is 2. The van der Waals surface area contributed by atoms with Gasteiger partial charge in [-0.25, -0.2) is 0 Å². The Bertz CT molecular complexity index is 384. The summed E-state index contributed by atoms with van der Waals surface area (Å²) in [5.41, 5.74) is 12.4. The summed E-state index contributed by atoms with van der Waals surface area (Å²) in [5.74, 6) is 0. The molecule has 0 unspecified atom stereocenters. The Morgan fingerprint density at radius 3 is 2.64 bits per heavy atom. The van der Waals surface area contributed by atoms with E-state index in [4.69, 9.17) is 39.9 Å². The highest BCUT2D eigenvalue weighted by Gasteiger charge is 2.12. The van der Waals surface area contributed by atoms with Gasteiger partial charge in [-0.3, -0.25) is 0 Å². The highest BCUT2D eigenvalue weighted by molar-refractivity contribution is 6.36. The third-order valence-electron chi connectivity index (χ3n) is 1.84. The number of nitrogens with zero attached hydrogens (tertiary/aromatic N) is 1. The molecule has 5 heteroatoms. The fourth-order valence-electron chi connectivity index (χ4n) is 1.12. The highest BCUT2D eigenvalue weighted by Crippen LogP contribution is 2.31. The van der Waals surface area contributed by atoms with Gasteiger partial charge in [0.2, 0.25) is 0 Å². The molecule has 0 aliphatic heterocycles. The van der Waals surface area contributed by atoms with Crippen LogP contribution in [0.4, 0.5) is 5.69 Å². The predicted molar refractivity (Wildman–Crippen MR) is 58.0 cm³/mol. The zero-order chi connectivity index (χ0) is 10.7. The van der Waals surface area contributed by atoms with Crippen LogP contribution in [0.25, 0.3) is 0 Å². The summed E-state index contributed by atoms with van der Waals surface area (Å²) in [6, 6.07) is 4.69.